The van der Waals surface area contributed by atoms with E-state index in [9.17, 15) is 0 Å². The lowest BCUT2D eigenvalue weighted by atomic mass is 10.4. The van der Waals surface area contributed by atoms with E-state index in [1.807, 2.05) is 24.3 Å². The van der Waals surface area contributed by atoms with Gasteiger partial charge >= 0.3 is 0 Å². The van der Waals surface area contributed by atoms with Crippen molar-refractivity contribution in [2.24, 2.45) is 0 Å². The zero-order chi connectivity index (χ0) is 19.3. The zero-order valence-corrected chi connectivity index (χ0v) is 18.9. The fraction of sp³-hybridized carbons (Fsp3) is 0. The summed E-state index contributed by atoms with van der Waals surface area (Å²) in [5, 5.41) is 0. The van der Waals surface area contributed by atoms with Crippen molar-refractivity contribution in [3.05, 3.63) is 121 Å². The summed E-state index contributed by atoms with van der Waals surface area (Å²) in [6, 6.07) is 41.7. The van der Waals surface area contributed by atoms with Crippen LogP contribution in [0.4, 0.5) is 0 Å². The van der Waals surface area contributed by atoms with Gasteiger partial charge in [0.1, 0.15) is 0 Å². The van der Waals surface area contributed by atoms with Crippen LogP contribution in [0.25, 0.3) is 0 Å². The summed E-state index contributed by atoms with van der Waals surface area (Å²) in [4.78, 5) is 5.17. The van der Waals surface area contributed by atoms with E-state index in [1.54, 1.807) is 43.2 Å². The maximum absolute atomic E-state index is 2.13. The molecular weight excluding hydrogens is 433 g/mol. The molecule has 0 radical (unpaired) electrons. The Kier molecular flexibility index (Phi) is 11.6. The van der Waals surface area contributed by atoms with Gasteiger partial charge in [-0.2, -0.15) is 0 Å². The molecule has 2 N–H and O–H groups in total. The predicted octanol–water partition coefficient (Wildman–Crippen LogP) is 8.15. The van der Waals surface area contributed by atoms with Crippen molar-refractivity contribution in [2.75, 3.05) is 0 Å². The maximum Gasteiger partial charge on any atom is 0.0186 e. The highest BCUT2D eigenvalue weighted by Crippen LogP contribution is 2.37. The second kappa shape index (κ2) is 14.3. The molecule has 0 saturated heterocycles. The third-order valence-electron chi connectivity index (χ3n) is 3.44. The van der Waals surface area contributed by atoms with E-state index in [1.165, 1.54) is 19.6 Å². The molecule has 0 saturated carbocycles. The summed E-state index contributed by atoms with van der Waals surface area (Å²) in [7, 11) is 7.16. The minimum absolute atomic E-state index is 0. The quantitative estimate of drug-likeness (QED) is 0.275. The van der Waals surface area contributed by atoms with Crippen LogP contribution in [-0.2, 0) is 0 Å². The van der Waals surface area contributed by atoms with Crippen LogP contribution in [0, 0.1) is 0 Å². The molecule has 0 atom stereocenters. The Labute approximate surface area is 188 Å². The van der Waals surface area contributed by atoms with Crippen molar-refractivity contribution in [1.29, 1.82) is 0 Å². The van der Waals surface area contributed by atoms with Crippen LogP contribution in [-0.4, -0.2) is 5.48 Å². The first kappa shape index (κ1) is 23.5. The number of benzene rings is 4. The summed E-state index contributed by atoms with van der Waals surface area (Å²) in [5.74, 6) is 0. The minimum Gasteiger partial charge on any atom is -0.412 e. The monoisotopic (exact) mass is 454 g/mol. The van der Waals surface area contributed by atoms with E-state index in [0.717, 1.165) is 0 Å². The Morgan fingerprint density at radius 2 is 0.448 bits per heavy atom. The van der Waals surface area contributed by atoms with Crippen molar-refractivity contribution in [1.82, 2.24) is 0 Å². The molecule has 148 valence electrons. The van der Waals surface area contributed by atoms with Gasteiger partial charge in [-0.15, -0.1) is 0 Å². The number of hydrogen-bond acceptors (Lipinski definition) is 4. The second-order valence-electron chi connectivity index (χ2n) is 5.59. The SMILES string of the molecule is O.c1ccc(SSc2ccccc2)cc1.c1ccc(SSc2ccccc2)cc1. The summed E-state index contributed by atoms with van der Waals surface area (Å²) >= 11 is 0. The Balaban J connectivity index is 0.000000200. The van der Waals surface area contributed by atoms with Crippen molar-refractivity contribution in [3.63, 3.8) is 0 Å². The first-order valence-corrected chi connectivity index (χ1v) is 13.1. The highest BCUT2D eigenvalue weighted by molar-refractivity contribution is 8.77. The number of rotatable bonds is 6. The van der Waals surface area contributed by atoms with Crippen molar-refractivity contribution in [3.8, 4) is 0 Å². The van der Waals surface area contributed by atoms with Crippen molar-refractivity contribution >= 4 is 43.2 Å². The molecule has 0 bridgehead atoms. The molecule has 0 fully saturated rings. The van der Waals surface area contributed by atoms with Gasteiger partial charge in [-0.25, -0.2) is 0 Å². The van der Waals surface area contributed by atoms with Gasteiger partial charge in [-0.1, -0.05) is 116 Å². The number of hydrogen-bond donors (Lipinski definition) is 0. The predicted molar refractivity (Wildman–Crippen MR) is 133 cm³/mol. The van der Waals surface area contributed by atoms with Gasteiger partial charge in [-0.05, 0) is 48.5 Å². The molecule has 1 nitrogen and oxygen atoms in total. The minimum atomic E-state index is 0. The molecule has 29 heavy (non-hydrogen) atoms. The second-order valence-corrected chi connectivity index (χ2v) is 10.1. The molecule has 0 spiro atoms. The smallest absolute Gasteiger partial charge is 0.0186 e. The largest absolute Gasteiger partial charge is 0.412 e. The van der Waals surface area contributed by atoms with Crippen LogP contribution in [0.15, 0.2) is 141 Å². The van der Waals surface area contributed by atoms with E-state index < -0.39 is 0 Å². The maximum atomic E-state index is 2.13. The normalized spacial score (nSPS) is 9.66. The van der Waals surface area contributed by atoms with Crippen LogP contribution in [0.3, 0.4) is 0 Å². The highest BCUT2D eigenvalue weighted by Gasteiger charge is 1.95. The van der Waals surface area contributed by atoms with Crippen molar-refractivity contribution < 1.29 is 5.48 Å². The molecule has 0 aromatic heterocycles. The average Bonchev–Trinajstić information content (AvgIpc) is 2.80. The highest BCUT2D eigenvalue weighted by atomic mass is 33.1. The Hall–Kier alpha value is -1.76. The van der Waals surface area contributed by atoms with Gasteiger partial charge < -0.3 is 5.48 Å². The van der Waals surface area contributed by atoms with E-state index in [0.29, 0.717) is 0 Å². The van der Waals surface area contributed by atoms with Crippen LogP contribution in [0.5, 0.6) is 0 Å². The lowest BCUT2D eigenvalue weighted by molar-refractivity contribution is 0.824. The Morgan fingerprint density at radius 3 is 0.621 bits per heavy atom. The van der Waals surface area contributed by atoms with Crippen LogP contribution in [0.1, 0.15) is 0 Å². The standard InChI is InChI=1S/2C12H10S2.H2O/c2*1-3-7-11(8-4-1)13-14-12-9-5-2-6-10-12;/h2*1-10H;1H2. The van der Waals surface area contributed by atoms with Gasteiger partial charge in [0.15, 0.2) is 0 Å². The first-order valence-electron chi connectivity index (χ1n) is 8.79. The van der Waals surface area contributed by atoms with E-state index in [2.05, 4.69) is 97.1 Å². The third kappa shape index (κ3) is 9.52. The van der Waals surface area contributed by atoms with E-state index >= 15 is 0 Å². The van der Waals surface area contributed by atoms with E-state index in [-0.39, 0.29) is 5.48 Å². The molecule has 4 rings (SSSR count). The topological polar surface area (TPSA) is 31.5 Å². The molecule has 0 heterocycles. The van der Waals surface area contributed by atoms with Crippen LogP contribution in [0.2, 0.25) is 0 Å². The summed E-state index contributed by atoms with van der Waals surface area (Å²) < 4.78 is 0. The molecule has 0 aliphatic rings. The molecular formula is C24H22OS4. The first-order chi connectivity index (χ1) is 13.9. The third-order valence-corrected chi connectivity index (χ3v) is 8.28. The lowest BCUT2D eigenvalue weighted by Gasteiger charge is -1.99. The molecule has 0 aliphatic carbocycles. The molecule has 4 aromatic carbocycles. The van der Waals surface area contributed by atoms with Gasteiger partial charge in [0.05, 0.1) is 0 Å². The lowest BCUT2D eigenvalue weighted by Crippen LogP contribution is -1.67. The van der Waals surface area contributed by atoms with E-state index in [4.69, 9.17) is 0 Å². The van der Waals surface area contributed by atoms with Gasteiger partial charge in [0.25, 0.3) is 0 Å². The average molecular weight is 455 g/mol. The Morgan fingerprint density at radius 1 is 0.276 bits per heavy atom. The molecule has 5 heteroatoms. The summed E-state index contributed by atoms with van der Waals surface area (Å²) in [6.07, 6.45) is 0. The van der Waals surface area contributed by atoms with Gasteiger partial charge in [0, 0.05) is 19.6 Å². The molecule has 4 aromatic rings. The fourth-order valence-corrected chi connectivity index (χ4v) is 6.04. The summed E-state index contributed by atoms with van der Waals surface area (Å²) in [5.41, 5.74) is 0. The van der Waals surface area contributed by atoms with Crippen LogP contribution >= 0.6 is 43.2 Å². The van der Waals surface area contributed by atoms with Gasteiger partial charge in [0.2, 0.25) is 0 Å². The molecule has 0 amide bonds. The zero-order valence-electron chi connectivity index (χ0n) is 15.7. The molecule has 0 aliphatic heterocycles. The molecule has 0 unspecified atom stereocenters. The van der Waals surface area contributed by atoms with Crippen molar-refractivity contribution in [2.45, 2.75) is 19.6 Å². The summed E-state index contributed by atoms with van der Waals surface area (Å²) in [6.45, 7) is 0. The van der Waals surface area contributed by atoms with Gasteiger partial charge in [-0.3, -0.25) is 0 Å². The fourth-order valence-electron chi connectivity index (χ4n) is 2.10. The van der Waals surface area contributed by atoms with Crippen LogP contribution < -0.4 is 0 Å². The Bertz CT molecular complexity index is 746.